The first kappa shape index (κ1) is 20.5. The predicted octanol–water partition coefficient (Wildman–Crippen LogP) is 5.00. The van der Waals surface area contributed by atoms with Gasteiger partial charge in [-0.15, -0.1) is 0 Å². The topological polar surface area (TPSA) is 66.8 Å². The molecule has 1 amide bonds. The van der Waals surface area contributed by atoms with Crippen LogP contribution in [0.5, 0.6) is 0 Å². The van der Waals surface area contributed by atoms with Crippen molar-refractivity contribution in [2.45, 2.75) is 33.1 Å². The molecule has 4 rings (SSSR count). The summed E-state index contributed by atoms with van der Waals surface area (Å²) in [5, 5.41) is 9.56. The number of amides is 1. The van der Waals surface area contributed by atoms with Gasteiger partial charge in [0.15, 0.2) is 0 Å². The molecule has 1 heterocycles. The number of carbonyl (C=O) groups excluding carboxylic acids is 1. The van der Waals surface area contributed by atoms with Gasteiger partial charge in [-0.1, -0.05) is 69.3 Å². The molecule has 2 atom stereocenters. The molecule has 2 aromatic rings. The Balaban J connectivity index is 1.50. The average Bonchev–Trinajstić information content (AvgIpc) is 3.05. The van der Waals surface area contributed by atoms with E-state index < -0.39 is 18.0 Å². The molecule has 0 bridgehead atoms. The monoisotopic (exact) mass is 407 g/mol. The molecule has 5 heteroatoms. The lowest BCUT2D eigenvalue weighted by Gasteiger charge is -2.41. The van der Waals surface area contributed by atoms with E-state index in [0.29, 0.717) is 13.0 Å². The van der Waals surface area contributed by atoms with Crippen LogP contribution in [0.3, 0.4) is 0 Å². The summed E-state index contributed by atoms with van der Waals surface area (Å²) >= 11 is 0. The molecule has 0 saturated carbocycles. The maximum absolute atomic E-state index is 12.9. The fourth-order valence-electron chi connectivity index (χ4n) is 4.74. The van der Waals surface area contributed by atoms with Crippen molar-refractivity contribution in [3.63, 3.8) is 0 Å². The van der Waals surface area contributed by atoms with E-state index in [-0.39, 0.29) is 30.4 Å². The van der Waals surface area contributed by atoms with Gasteiger partial charge < -0.3 is 14.7 Å². The summed E-state index contributed by atoms with van der Waals surface area (Å²) in [5.41, 5.74) is 4.63. The number of hydrogen-bond acceptors (Lipinski definition) is 3. The van der Waals surface area contributed by atoms with E-state index in [1.165, 1.54) is 22.3 Å². The van der Waals surface area contributed by atoms with Gasteiger partial charge in [0.2, 0.25) is 0 Å². The fourth-order valence-corrected chi connectivity index (χ4v) is 4.74. The minimum Gasteiger partial charge on any atom is -0.481 e. The zero-order valence-corrected chi connectivity index (χ0v) is 17.8. The van der Waals surface area contributed by atoms with Crippen LogP contribution in [0.1, 0.15) is 44.2 Å². The summed E-state index contributed by atoms with van der Waals surface area (Å²) in [5.74, 6) is -1.28. The largest absolute Gasteiger partial charge is 0.481 e. The molecule has 158 valence electrons. The van der Waals surface area contributed by atoms with Crippen LogP contribution in [-0.2, 0) is 9.53 Å². The molecule has 1 saturated heterocycles. The normalized spacial score (nSPS) is 21.1. The second-order valence-corrected chi connectivity index (χ2v) is 9.54. The lowest BCUT2D eigenvalue weighted by Crippen LogP contribution is -2.49. The lowest BCUT2D eigenvalue weighted by atomic mass is 9.73. The van der Waals surface area contributed by atoms with Gasteiger partial charge in [-0.3, -0.25) is 4.79 Å². The molecule has 5 nitrogen and oxygen atoms in total. The van der Waals surface area contributed by atoms with E-state index in [9.17, 15) is 14.7 Å². The highest BCUT2D eigenvalue weighted by Gasteiger charge is 2.39. The Morgan fingerprint density at radius 3 is 2.10 bits per heavy atom. The molecule has 30 heavy (non-hydrogen) atoms. The number of likely N-dealkylation sites (tertiary alicyclic amines) is 1. The maximum atomic E-state index is 12.9. The Morgan fingerprint density at radius 1 is 1.00 bits per heavy atom. The summed E-state index contributed by atoms with van der Waals surface area (Å²) in [6, 6.07) is 16.5. The highest BCUT2D eigenvalue weighted by atomic mass is 16.6. The van der Waals surface area contributed by atoms with E-state index in [1.54, 1.807) is 4.90 Å². The Hall–Kier alpha value is -2.82. The van der Waals surface area contributed by atoms with E-state index >= 15 is 0 Å². The van der Waals surface area contributed by atoms with Gasteiger partial charge >= 0.3 is 12.1 Å². The quantitative estimate of drug-likeness (QED) is 0.777. The molecule has 2 aromatic carbocycles. The molecule has 1 aliphatic carbocycles. The summed E-state index contributed by atoms with van der Waals surface area (Å²) in [6.07, 6.45) is 0.170. The molecule has 2 aliphatic rings. The van der Waals surface area contributed by atoms with Crippen molar-refractivity contribution in [2.24, 2.45) is 17.3 Å². The van der Waals surface area contributed by atoms with Crippen LogP contribution in [0.4, 0.5) is 4.79 Å². The van der Waals surface area contributed by atoms with Crippen LogP contribution < -0.4 is 0 Å². The number of nitrogens with zero attached hydrogens (tertiary/aromatic N) is 1. The summed E-state index contributed by atoms with van der Waals surface area (Å²) in [4.78, 5) is 26.2. The summed E-state index contributed by atoms with van der Waals surface area (Å²) in [7, 11) is 0. The molecule has 1 N–H and O–H groups in total. The minimum absolute atomic E-state index is 0.000163. The molecular formula is C25H29NO4. The molecular weight excluding hydrogens is 378 g/mol. The highest BCUT2D eigenvalue weighted by molar-refractivity contribution is 5.79. The third kappa shape index (κ3) is 3.81. The number of hydrogen-bond donors (Lipinski definition) is 1. The molecule has 1 aliphatic heterocycles. The van der Waals surface area contributed by atoms with Crippen molar-refractivity contribution in [2.75, 3.05) is 19.7 Å². The Labute approximate surface area is 177 Å². The number of piperidine rings is 1. The molecule has 1 fully saturated rings. The predicted molar refractivity (Wildman–Crippen MR) is 115 cm³/mol. The Bertz CT molecular complexity index is 916. The van der Waals surface area contributed by atoms with Gasteiger partial charge in [-0.25, -0.2) is 4.79 Å². The highest BCUT2D eigenvalue weighted by Crippen LogP contribution is 2.44. The van der Waals surface area contributed by atoms with Gasteiger partial charge in [0.05, 0.1) is 5.92 Å². The van der Waals surface area contributed by atoms with Crippen molar-refractivity contribution in [3.8, 4) is 11.1 Å². The lowest BCUT2D eigenvalue weighted by molar-refractivity contribution is -0.144. The van der Waals surface area contributed by atoms with Crippen molar-refractivity contribution in [3.05, 3.63) is 59.7 Å². The van der Waals surface area contributed by atoms with Crippen molar-refractivity contribution in [1.82, 2.24) is 4.90 Å². The number of fused-ring (bicyclic) bond motifs is 3. The number of ether oxygens (including phenoxy) is 1. The van der Waals surface area contributed by atoms with Crippen LogP contribution in [0.2, 0.25) is 0 Å². The first-order chi connectivity index (χ1) is 14.3. The number of carboxylic acids is 1. The van der Waals surface area contributed by atoms with Crippen LogP contribution in [0, 0.1) is 17.3 Å². The van der Waals surface area contributed by atoms with Crippen LogP contribution in [-0.4, -0.2) is 41.8 Å². The minimum atomic E-state index is -0.847. The van der Waals surface area contributed by atoms with E-state index in [1.807, 2.05) is 24.3 Å². The van der Waals surface area contributed by atoms with Gasteiger partial charge in [0.25, 0.3) is 0 Å². The number of benzene rings is 2. The molecule has 0 aromatic heterocycles. The Kier molecular flexibility index (Phi) is 5.31. The fraction of sp³-hybridized carbons (Fsp3) is 0.440. The number of carboxylic acid groups (broad SMARTS) is 1. The number of carbonyl (C=O) groups is 2. The number of aliphatic carboxylic acids is 1. The van der Waals surface area contributed by atoms with E-state index in [4.69, 9.17) is 4.74 Å². The third-order valence-electron chi connectivity index (χ3n) is 6.62. The van der Waals surface area contributed by atoms with Gasteiger partial charge in [0.1, 0.15) is 6.61 Å². The van der Waals surface area contributed by atoms with E-state index in [2.05, 4.69) is 45.0 Å². The van der Waals surface area contributed by atoms with Crippen molar-refractivity contribution in [1.29, 1.82) is 0 Å². The summed E-state index contributed by atoms with van der Waals surface area (Å²) < 4.78 is 5.76. The Morgan fingerprint density at radius 2 is 1.57 bits per heavy atom. The van der Waals surface area contributed by atoms with E-state index in [0.717, 1.165) is 0 Å². The molecule has 2 unspecified atom stereocenters. The second kappa shape index (κ2) is 7.78. The smallest absolute Gasteiger partial charge is 0.409 e. The maximum Gasteiger partial charge on any atom is 0.409 e. The standard InChI is InChI=1S/C25H29NO4/c1-25(2,3)17-12-16(23(27)28)13-26(14-17)24(29)30-15-22-20-10-6-4-8-18(20)19-9-5-7-11-21(19)22/h4-11,16-17,22H,12-15H2,1-3H3,(H,27,28). The van der Waals surface area contributed by atoms with Crippen molar-refractivity contribution < 1.29 is 19.4 Å². The van der Waals surface area contributed by atoms with Crippen LogP contribution in [0.15, 0.2) is 48.5 Å². The number of rotatable bonds is 3. The SMILES string of the molecule is CC(C)(C)C1CC(C(=O)O)CN(C(=O)OCC2c3ccccc3-c3ccccc32)C1. The average molecular weight is 408 g/mol. The van der Waals surface area contributed by atoms with Crippen LogP contribution >= 0.6 is 0 Å². The second-order valence-electron chi connectivity index (χ2n) is 9.54. The summed E-state index contributed by atoms with van der Waals surface area (Å²) in [6.45, 7) is 7.28. The molecule has 0 spiro atoms. The first-order valence-corrected chi connectivity index (χ1v) is 10.6. The van der Waals surface area contributed by atoms with Gasteiger partial charge in [-0.05, 0) is 40.0 Å². The zero-order valence-electron chi connectivity index (χ0n) is 17.8. The van der Waals surface area contributed by atoms with Gasteiger partial charge in [0, 0.05) is 19.0 Å². The van der Waals surface area contributed by atoms with Crippen molar-refractivity contribution >= 4 is 12.1 Å². The van der Waals surface area contributed by atoms with Crippen LogP contribution in [0.25, 0.3) is 11.1 Å². The van der Waals surface area contributed by atoms with Gasteiger partial charge in [-0.2, -0.15) is 0 Å². The molecule has 0 radical (unpaired) electrons. The third-order valence-corrected chi connectivity index (χ3v) is 6.62. The first-order valence-electron chi connectivity index (χ1n) is 10.6. The zero-order chi connectivity index (χ0) is 21.5.